The first-order chi connectivity index (χ1) is 15.1. The van der Waals surface area contributed by atoms with Gasteiger partial charge in [-0.2, -0.15) is 0 Å². The van der Waals surface area contributed by atoms with Crippen molar-refractivity contribution in [3.8, 4) is 11.3 Å². The molecule has 0 bridgehead atoms. The molecule has 1 aliphatic carbocycles. The molecule has 2 heterocycles. The third kappa shape index (κ3) is 3.01. The maximum absolute atomic E-state index is 6.51. The van der Waals surface area contributed by atoms with Crippen LogP contribution < -0.4 is 4.57 Å². The van der Waals surface area contributed by atoms with Crippen LogP contribution in [0, 0.1) is 6.92 Å². The van der Waals surface area contributed by atoms with Crippen LogP contribution >= 0.6 is 0 Å². The Kier molecular flexibility index (Phi) is 4.58. The number of nitrogens with zero attached hydrogens (tertiary/aromatic N) is 1. The van der Waals surface area contributed by atoms with Crippen LogP contribution in [-0.4, -0.2) is 0 Å². The number of hydrogen-bond donors (Lipinski definition) is 0. The van der Waals surface area contributed by atoms with Crippen molar-refractivity contribution in [2.24, 2.45) is 7.05 Å². The molecule has 2 nitrogen and oxygen atoms in total. The Hall–Kier alpha value is -3.87. The zero-order chi connectivity index (χ0) is 21.5. The number of hydrogen-bond acceptors (Lipinski definition) is 1. The second-order valence-corrected chi connectivity index (χ2v) is 7.86. The number of allylic oxidation sites excluding steroid dienone is 5. The fourth-order valence-electron chi connectivity index (χ4n) is 4.42. The van der Waals surface area contributed by atoms with E-state index in [1.54, 1.807) is 0 Å². The van der Waals surface area contributed by atoms with Crippen LogP contribution in [0.5, 0.6) is 0 Å². The van der Waals surface area contributed by atoms with Crippen LogP contribution in [0.3, 0.4) is 0 Å². The van der Waals surface area contributed by atoms with Crippen LogP contribution in [0.15, 0.2) is 95.3 Å². The molecule has 0 spiro atoms. The van der Waals surface area contributed by atoms with Gasteiger partial charge in [-0.3, -0.25) is 0 Å². The van der Waals surface area contributed by atoms with Gasteiger partial charge in [-0.1, -0.05) is 43.0 Å². The zero-order valence-corrected chi connectivity index (χ0v) is 18.1. The van der Waals surface area contributed by atoms with Gasteiger partial charge >= 0.3 is 0 Å². The van der Waals surface area contributed by atoms with Crippen molar-refractivity contribution < 1.29 is 8.98 Å². The van der Waals surface area contributed by atoms with Crippen molar-refractivity contribution in [2.45, 2.75) is 13.8 Å². The molecule has 0 atom stereocenters. The normalized spacial score (nSPS) is 13.4. The highest BCUT2D eigenvalue weighted by molar-refractivity contribution is 6.14. The van der Waals surface area contributed by atoms with Crippen LogP contribution in [0.1, 0.15) is 23.6 Å². The van der Waals surface area contributed by atoms with Crippen molar-refractivity contribution in [1.29, 1.82) is 0 Å². The molecule has 2 aromatic heterocycles. The lowest BCUT2D eigenvalue weighted by molar-refractivity contribution is -0.660. The van der Waals surface area contributed by atoms with Crippen molar-refractivity contribution in [1.82, 2.24) is 0 Å². The van der Waals surface area contributed by atoms with E-state index in [0.29, 0.717) is 0 Å². The predicted molar refractivity (Wildman–Crippen MR) is 130 cm³/mol. The van der Waals surface area contributed by atoms with Crippen LogP contribution in [-0.2, 0) is 7.05 Å². The summed E-state index contributed by atoms with van der Waals surface area (Å²) in [6, 6.07) is 14.8. The van der Waals surface area contributed by atoms with E-state index in [9.17, 15) is 0 Å². The Morgan fingerprint density at radius 3 is 2.71 bits per heavy atom. The summed E-state index contributed by atoms with van der Waals surface area (Å²) in [4.78, 5) is 0. The summed E-state index contributed by atoms with van der Waals surface area (Å²) in [5.74, 6) is 0. The van der Waals surface area contributed by atoms with Crippen molar-refractivity contribution in [3.63, 3.8) is 0 Å². The predicted octanol–water partition coefficient (Wildman–Crippen LogP) is 7.08. The Morgan fingerprint density at radius 2 is 1.94 bits per heavy atom. The Bertz CT molecular complexity index is 1500. The van der Waals surface area contributed by atoms with E-state index in [0.717, 1.165) is 55.5 Å². The fourth-order valence-corrected chi connectivity index (χ4v) is 4.42. The highest BCUT2D eigenvalue weighted by Gasteiger charge is 2.22. The number of furan rings is 1. The first-order valence-electron chi connectivity index (χ1n) is 10.5. The lowest BCUT2D eigenvalue weighted by Gasteiger charge is -2.07. The minimum absolute atomic E-state index is 0.894. The maximum Gasteiger partial charge on any atom is 0.216 e. The number of aromatic nitrogens is 1. The molecule has 150 valence electrons. The number of pyridine rings is 1. The van der Waals surface area contributed by atoms with E-state index < -0.39 is 0 Å². The summed E-state index contributed by atoms with van der Waals surface area (Å²) in [7, 11) is 2.07. The zero-order valence-electron chi connectivity index (χ0n) is 18.1. The summed E-state index contributed by atoms with van der Waals surface area (Å²) >= 11 is 0. The van der Waals surface area contributed by atoms with Gasteiger partial charge in [0.2, 0.25) is 5.69 Å². The fraction of sp³-hybridized carbons (Fsp3) is 0.103. The molecule has 0 fully saturated rings. The smallest absolute Gasteiger partial charge is 0.216 e. The van der Waals surface area contributed by atoms with E-state index in [-0.39, 0.29) is 0 Å². The molecular formula is C29H24NO+. The van der Waals surface area contributed by atoms with Gasteiger partial charge in [0.15, 0.2) is 6.20 Å². The molecule has 1 aliphatic rings. The van der Waals surface area contributed by atoms with Gasteiger partial charge in [0.1, 0.15) is 18.2 Å². The Balaban J connectivity index is 1.90. The van der Waals surface area contributed by atoms with Gasteiger partial charge in [-0.15, -0.1) is 5.73 Å². The molecule has 2 heteroatoms. The second kappa shape index (κ2) is 7.43. The quantitative estimate of drug-likeness (QED) is 0.264. The molecule has 5 rings (SSSR count). The number of rotatable bonds is 3. The summed E-state index contributed by atoms with van der Waals surface area (Å²) in [6.07, 6.45) is 12.3. The lowest BCUT2D eigenvalue weighted by atomic mass is 9.94. The molecule has 0 radical (unpaired) electrons. The molecule has 0 unspecified atom stereocenters. The molecule has 4 aromatic rings. The highest BCUT2D eigenvalue weighted by Crippen LogP contribution is 2.41. The molecule has 0 N–H and O–H groups in total. The van der Waals surface area contributed by atoms with Gasteiger partial charge in [0, 0.05) is 34.1 Å². The monoisotopic (exact) mass is 402 g/mol. The first kappa shape index (κ1) is 19.1. The van der Waals surface area contributed by atoms with E-state index in [1.807, 2.05) is 25.1 Å². The average Bonchev–Trinajstić information content (AvgIpc) is 3.05. The summed E-state index contributed by atoms with van der Waals surface area (Å²) < 4.78 is 8.65. The van der Waals surface area contributed by atoms with Crippen LogP contribution in [0.4, 0.5) is 0 Å². The van der Waals surface area contributed by atoms with Crippen LogP contribution in [0.25, 0.3) is 44.8 Å². The maximum atomic E-state index is 6.51. The standard InChI is InChI=1S/C29H24NO/c1-5-9-21-18-20(6-2)12-14-23-22(21)15-16-26-28(23)24-13-11-19(3)27(29(24)31-26)25-10-7-8-17-30(25)4/h5-17H,2H2,1,3-4H3/q+1/b9-5-. The molecule has 2 aromatic carbocycles. The van der Waals surface area contributed by atoms with E-state index in [2.05, 4.69) is 91.7 Å². The summed E-state index contributed by atoms with van der Waals surface area (Å²) in [6.45, 7) is 8.11. The molecular weight excluding hydrogens is 378 g/mol. The molecule has 0 saturated heterocycles. The first-order valence-corrected chi connectivity index (χ1v) is 10.5. The van der Waals surface area contributed by atoms with E-state index in [4.69, 9.17) is 4.42 Å². The van der Waals surface area contributed by atoms with E-state index >= 15 is 0 Å². The van der Waals surface area contributed by atoms with Gasteiger partial charge in [0.25, 0.3) is 0 Å². The van der Waals surface area contributed by atoms with E-state index in [1.165, 1.54) is 5.56 Å². The minimum Gasteiger partial charge on any atom is -0.455 e. The van der Waals surface area contributed by atoms with Gasteiger partial charge in [-0.25, -0.2) is 4.57 Å². The van der Waals surface area contributed by atoms with Gasteiger partial charge < -0.3 is 4.42 Å². The van der Waals surface area contributed by atoms with Crippen molar-refractivity contribution >= 4 is 33.6 Å². The SMILES string of the molecule is C=CC1=C=C(/C=C\C)c2ccc3oc4c(-c5cccc[n+]5C)c(C)ccc4c3c2C=C1. The average molecular weight is 403 g/mol. The van der Waals surface area contributed by atoms with Gasteiger partial charge in [-0.05, 0) is 54.8 Å². The molecule has 0 saturated carbocycles. The second-order valence-electron chi connectivity index (χ2n) is 7.86. The Labute approximate surface area is 182 Å². The molecule has 0 aliphatic heterocycles. The summed E-state index contributed by atoms with van der Waals surface area (Å²) in [5, 5.41) is 2.26. The molecule has 31 heavy (non-hydrogen) atoms. The number of fused-ring (bicyclic) bond motifs is 5. The third-order valence-electron chi connectivity index (χ3n) is 5.92. The third-order valence-corrected chi connectivity index (χ3v) is 5.92. The number of aryl methyl sites for hydroxylation is 2. The topological polar surface area (TPSA) is 17.0 Å². The highest BCUT2D eigenvalue weighted by atomic mass is 16.3. The lowest BCUT2D eigenvalue weighted by Crippen LogP contribution is -2.30. The van der Waals surface area contributed by atoms with Crippen molar-refractivity contribution in [2.75, 3.05) is 0 Å². The largest absolute Gasteiger partial charge is 0.455 e. The summed E-state index contributed by atoms with van der Waals surface area (Å²) in [5.41, 5.74) is 13.1. The minimum atomic E-state index is 0.894. The molecule has 0 amide bonds. The number of benzene rings is 2. The Morgan fingerprint density at radius 1 is 1.06 bits per heavy atom. The van der Waals surface area contributed by atoms with Crippen molar-refractivity contribution in [3.05, 3.63) is 108 Å². The van der Waals surface area contributed by atoms with Crippen LogP contribution in [0.2, 0.25) is 0 Å². The van der Waals surface area contributed by atoms with Gasteiger partial charge in [0.05, 0.1) is 5.56 Å².